The molecule has 9 heteroatoms. The summed E-state index contributed by atoms with van der Waals surface area (Å²) in [5, 5.41) is 10.8. The number of hydrogen-bond acceptors (Lipinski definition) is 4. The monoisotopic (exact) mass is 366 g/mol. The van der Waals surface area contributed by atoms with Crippen LogP contribution in [0, 0.1) is 0 Å². The van der Waals surface area contributed by atoms with Gasteiger partial charge in [-0.05, 0) is 48.2 Å². The van der Waals surface area contributed by atoms with E-state index in [-0.39, 0.29) is 22.6 Å². The van der Waals surface area contributed by atoms with Crippen LogP contribution in [0.5, 0.6) is 0 Å². The highest BCUT2D eigenvalue weighted by Crippen LogP contribution is 2.36. The molecule has 130 valence electrons. The van der Waals surface area contributed by atoms with E-state index < -0.39 is 5.51 Å². The lowest BCUT2D eigenvalue weighted by Crippen LogP contribution is -2.26. The lowest BCUT2D eigenvalue weighted by atomic mass is 10.2. The molecule has 0 saturated carbocycles. The highest BCUT2D eigenvalue weighted by Gasteiger charge is 2.29. The van der Waals surface area contributed by atoms with Crippen molar-refractivity contribution in [2.24, 2.45) is 0 Å². The molecule has 1 aromatic carbocycles. The first kappa shape index (κ1) is 17.3. The maximum absolute atomic E-state index is 12.3. The number of alkyl halides is 3. The zero-order chi connectivity index (χ0) is 17.9. The number of hydrogen-bond donors (Lipinski definition) is 1. The molecule has 2 heterocycles. The molecule has 0 aliphatic rings. The molecule has 1 amide bonds. The Morgan fingerprint density at radius 3 is 2.60 bits per heavy atom. The van der Waals surface area contributed by atoms with Gasteiger partial charge in [0.1, 0.15) is 5.82 Å². The molecule has 1 N–H and O–H groups in total. The van der Waals surface area contributed by atoms with Crippen LogP contribution in [0.2, 0.25) is 0 Å². The van der Waals surface area contributed by atoms with E-state index in [2.05, 4.69) is 15.5 Å². The number of thioether (sulfide) groups is 1. The van der Waals surface area contributed by atoms with Gasteiger partial charge in [0.2, 0.25) is 0 Å². The summed E-state index contributed by atoms with van der Waals surface area (Å²) in [7, 11) is 0. The Morgan fingerprint density at radius 2 is 1.88 bits per heavy atom. The van der Waals surface area contributed by atoms with Crippen LogP contribution in [0.25, 0.3) is 5.65 Å². The summed E-state index contributed by atoms with van der Waals surface area (Å²) in [6.45, 7) is 0.341. The lowest BCUT2D eigenvalue weighted by Gasteiger charge is -2.07. The molecular weight excluding hydrogens is 353 g/mol. The Bertz CT molecular complexity index is 877. The van der Waals surface area contributed by atoms with Crippen LogP contribution in [0.3, 0.4) is 0 Å². The molecule has 0 aliphatic carbocycles. The summed E-state index contributed by atoms with van der Waals surface area (Å²) in [6, 6.07) is 10.8. The summed E-state index contributed by atoms with van der Waals surface area (Å²) >= 11 is -0.211. The molecule has 0 unspecified atom stereocenters. The molecule has 0 radical (unpaired) electrons. The van der Waals surface area contributed by atoms with Crippen LogP contribution in [0.1, 0.15) is 16.2 Å². The Hall–Kier alpha value is -2.55. The molecule has 5 nitrogen and oxygen atoms in total. The van der Waals surface area contributed by atoms with Gasteiger partial charge in [-0.2, -0.15) is 13.2 Å². The number of fused-ring (bicyclic) bond motifs is 1. The molecule has 0 spiro atoms. The first-order valence-electron chi connectivity index (χ1n) is 7.35. The molecule has 0 atom stereocenters. The van der Waals surface area contributed by atoms with Crippen molar-refractivity contribution >= 4 is 23.3 Å². The Labute approximate surface area is 145 Å². The van der Waals surface area contributed by atoms with Gasteiger partial charge in [-0.3, -0.25) is 9.20 Å². The second kappa shape index (κ2) is 7.14. The van der Waals surface area contributed by atoms with Gasteiger partial charge in [-0.1, -0.05) is 6.07 Å². The van der Waals surface area contributed by atoms with E-state index in [1.165, 1.54) is 24.3 Å². The van der Waals surface area contributed by atoms with Crippen molar-refractivity contribution in [1.29, 1.82) is 0 Å². The summed E-state index contributed by atoms with van der Waals surface area (Å²) in [4.78, 5) is 12.1. The summed E-state index contributed by atoms with van der Waals surface area (Å²) < 4.78 is 38.7. The van der Waals surface area contributed by atoms with Gasteiger partial charge in [0, 0.05) is 29.6 Å². The third-order valence-corrected chi connectivity index (χ3v) is 4.11. The Morgan fingerprint density at radius 1 is 1.12 bits per heavy atom. The normalized spacial score (nSPS) is 11.6. The standard InChI is InChI=1S/C16H13F3N4OS/c17-16(18,19)25-12-6-4-11(5-7-12)15(24)20-9-8-14-22-21-13-3-1-2-10-23(13)14/h1-7,10H,8-9H2,(H,20,24). The van der Waals surface area contributed by atoms with E-state index in [0.717, 1.165) is 5.65 Å². The van der Waals surface area contributed by atoms with Crippen LogP contribution in [0.15, 0.2) is 53.6 Å². The predicted molar refractivity (Wildman–Crippen MR) is 87.4 cm³/mol. The van der Waals surface area contributed by atoms with Crippen molar-refractivity contribution in [3.63, 3.8) is 0 Å². The summed E-state index contributed by atoms with van der Waals surface area (Å²) in [6.07, 6.45) is 2.32. The van der Waals surface area contributed by atoms with Crippen molar-refractivity contribution in [2.75, 3.05) is 6.54 Å². The van der Waals surface area contributed by atoms with Gasteiger partial charge in [0.15, 0.2) is 5.65 Å². The maximum atomic E-state index is 12.3. The summed E-state index contributed by atoms with van der Waals surface area (Å²) in [5.74, 6) is 0.366. The molecule has 0 bridgehead atoms. The van der Waals surface area contributed by atoms with E-state index in [1.54, 1.807) is 0 Å². The second-order valence-electron chi connectivity index (χ2n) is 5.12. The molecule has 0 aliphatic heterocycles. The fourth-order valence-electron chi connectivity index (χ4n) is 2.26. The van der Waals surface area contributed by atoms with E-state index in [0.29, 0.717) is 24.4 Å². The van der Waals surface area contributed by atoms with Gasteiger partial charge >= 0.3 is 5.51 Å². The van der Waals surface area contributed by atoms with E-state index >= 15 is 0 Å². The number of nitrogens with zero attached hydrogens (tertiary/aromatic N) is 3. The number of rotatable bonds is 5. The van der Waals surface area contributed by atoms with E-state index in [1.807, 2.05) is 28.8 Å². The highest BCUT2D eigenvalue weighted by molar-refractivity contribution is 8.00. The molecule has 3 aromatic rings. The first-order valence-corrected chi connectivity index (χ1v) is 8.17. The fraction of sp³-hybridized carbons (Fsp3) is 0.188. The number of benzene rings is 1. The van der Waals surface area contributed by atoms with E-state index in [9.17, 15) is 18.0 Å². The minimum absolute atomic E-state index is 0.0407. The third-order valence-electron chi connectivity index (χ3n) is 3.37. The quantitative estimate of drug-likeness (QED) is 0.704. The second-order valence-corrected chi connectivity index (χ2v) is 6.26. The minimum atomic E-state index is -4.34. The maximum Gasteiger partial charge on any atom is 0.446 e. The third kappa shape index (κ3) is 4.50. The Kier molecular flexibility index (Phi) is 4.93. The van der Waals surface area contributed by atoms with Crippen molar-refractivity contribution in [2.45, 2.75) is 16.8 Å². The van der Waals surface area contributed by atoms with E-state index in [4.69, 9.17) is 0 Å². The van der Waals surface area contributed by atoms with Crippen LogP contribution < -0.4 is 5.32 Å². The molecule has 3 rings (SSSR count). The molecule has 0 fully saturated rings. The predicted octanol–water partition coefficient (Wildman–Crippen LogP) is 3.31. The van der Waals surface area contributed by atoms with Gasteiger partial charge < -0.3 is 5.32 Å². The molecule has 2 aromatic heterocycles. The van der Waals surface area contributed by atoms with Crippen LogP contribution in [-0.2, 0) is 6.42 Å². The number of carbonyl (C=O) groups excluding carboxylic acids is 1. The zero-order valence-electron chi connectivity index (χ0n) is 12.8. The largest absolute Gasteiger partial charge is 0.446 e. The van der Waals surface area contributed by atoms with Crippen LogP contribution in [0.4, 0.5) is 13.2 Å². The first-order chi connectivity index (χ1) is 11.9. The zero-order valence-corrected chi connectivity index (χ0v) is 13.6. The topological polar surface area (TPSA) is 59.3 Å². The molecule has 0 saturated heterocycles. The van der Waals surface area contributed by atoms with Crippen molar-refractivity contribution in [1.82, 2.24) is 19.9 Å². The van der Waals surface area contributed by atoms with Crippen LogP contribution >= 0.6 is 11.8 Å². The van der Waals surface area contributed by atoms with Gasteiger partial charge in [-0.15, -0.1) is 10.2 Å². The number of nitrogens with one attached hydrogen (secondary N) is 1. The van der Waals surface area contributed by atoms with Crippen molar-refractivity contribution in [3.8, 4) is 0 Å². The number of amides is 1. The summed E-state index contributed by atoms with van der Waals surface area (Å²) in [5.41, 5.74) is -3.32. The highest BCUT2D eigenvalue weighted by atomic mass is 32.2. The smallest absolute Gasteiger partial charge is 0.352 e. The average molecular weight is 366 g/mol. The SMILES string of the molecule is O=C(NCCc1nnc2ccccn12)c1ccc(SC(F)(F)F)cc1. The minimum Gasteiger partial charge on any atom is -0.352 e. The number of aromatic nitrogens is 3. The average Bonchev–Trinajstić information content (AvgIpc) is 2.97. The lowest BCUT2D eigenvalue weighted by molar-refractivity contribution is -0.0328. The van der Waals surface area contributed by atoms with Gasteiger partial charge in [-0.25, -0.2) is 0 Å². The van der Waals surface area contributed by atoms with Gasteiger partial charge in [0.05, 0.1) is 0 Å². The van der Waals surface area contributed by atoms with Crippen molar-refractivity contribution in [3.05, 3.63) is 60.0 Å². The fourth-order valence-corrected chi connectivity index (χ4v) is 2.80. The number of pyridine rings is 1. The molecular formula is C16H13F3N4OS. The molecule has 25 heavy (non-hydrogen) atoms. The number of halogens is 3. The number of carbonyl (C=O) groups is 1. The Balaban J connectivity index is 1.55. The van der Waals surface area contributed by atoms with Crippen LogP contribution in [-0.4, -0.2) is 32.6 Å². The van der Waals surface area contributed by atoms with Gasteiger partial charge in [0.25, 0.3) is 5.91 Å². The van der Waals surface area contributed by atoms with Crippen molar-refractivity contribution < 1.29 is 18.0 Å².